The first-order valence-electron chi connectivity index (χ1n) is 9.74. The molecule has 0 spiro atoms. The summed E-state index contributed by atoms with van der Waals surface area (Å²) in [7, 11) is 1.47. The second kappa shape index (κ2) is 9.04. The van der Waals surface area contributed by atoms with Crippen LogP contribution in [-0.2, 0) is 7.05 Å². The molecule has 0 amide bonds. The number of hydrogen-bond donors (Lipinski definition) is 0. The molecule has 0 saturated heterocycles. The molecule has 2 aromatic carbocycles. The number of benzene rings is 2. The van der Waals surface area contributed by atoms with E-state index >= 15 is 0 Å². The lowest BCUT2D eigenvalue weighted by Crippen LogP contribution is -2.37. The minimum absolute atomic E-state index is 0.0858. The summed E-state index contributed by atoms with van der Waals surface area (Å²) in [4.78, 5) is 17.3. The molecule has 8 heteroatoms. The lowest BCUT2D eigenvalue weighted by atomic mass is 9.98. The van der Waals surface area contributed by atoms with E-state index in [-0.39, 0.29) is 11.4 Å². The highest BCUT2D eigenvalue weighted by molar-refractivity contribution is 8.00. The lowest BCUT2D eigenvalue weighted by molar-refractivity contribution is -0.741. The van der Waals surface area contributed by atoms with Gasteiger partial charge in [-0.3, -0.25) is 4.79 Å². The Bertz CT molecular complexity index is 1310. The Labute approximate surface area is 188 Å². The number of aromatic nitrogens is 3. The largest absolute Gasteiger partial charge is 0.539 e. The van der Waals surface area contributed by atoms with Gasteiger partial charge in [-0.1, -0.05) is 76.6 Å². The standard InChI is InChI=1S/C24H18N4O3S/c1-15-8-10-16(11-9-15)18-12-20(17-6-4-3-5-7-17)26-23(19(18)13-25)32-14-21(29)22-24(30)31-27-28(22)2/h3-12H,14H2,1-2H3. The van der Waals surface area contributed by atoms with E-state index in [2.05, 4.69) is 20.8 Å². The van der Waals surface area contributed by atoms with Crippen LogP contribution in [0.5, 0.6) is 5.95 Å². The van der Waals surface area contributed by atoms with E-state index < -0.39 is 11.7 Å². The molecule has 4 aromatic rings. The number of rotatable bonds is 6. The molecule has 32 heavy (non-hydrogen) atoms. The average molecular weight is 443 g/mol. The van der Waals surface area contributed by atoms with Crippen molar-refractivity contribution < 1.29 is 19.1 Å². The third kappa shape index (κ3) is 4.24. The van der Waals surface area contributed by atoms with Crippen LogP contribution in [0.3, 0.4) is 0 Å². The molecule has 2 aromatic heterocycles. The molecular formula is C24H18N4O3S. The Morgan fingerprint density at radius 1 is 1.16 bits per heavy atom. The van der Waals surface area contributed by atoms with Gasteiger partial charge in [0.05, 0.1) is 22.3 Å². The number of thioether (sulfide) groups is 1. The topological polar surface area (TPSA) is 107 Å². The van der Waals surface area contributed by atoms with Gasteiger partial charge in [0.2, 0.25) is 5.78 Å². The summed E-state index contributed by atoms with van der Waals surface area (Å²) in [5.74, 6) is -1.32. The minimum atomic E-state index is -0.787. The van der Waals surface area contributed by atoms with Crippen LogP contribution >= 0.6 is 11.8 Å². The van der Waals surface area contributed by atoms with Crippen molar-refractivity contribution in [3.63, 3.8) is 0 Å². The van der Waals surface area contributed by atoms with Crippen molar-refractivity contribution in [3.05, 3.63) is 77.5 Å². The van der Waals surface area contributed by atoms with E-state index in [1.165, 1.54) is 7.05 Å². The zero-order valence-electron chi connectivity index (χ0n) is 17.4. The summed E-state index contributed by atoms with van der Waals surface area (Å²) >= 11 is 1.11. The van der Waals surface area contributed by atoms with Crippen LogP contribution in [0.4, 0.5) is 0 Å². The predicted molar refractivity (Wildman–Crippen MR) is 117 cm³/mol. The molecule has 0 N–H and O–H groups in total. The van der Waals surface area contributed by atoms with Gasteiger partial charge in [-0.25, -0.2) is 4.98 Å². The average Bonchev–Trinajstić information content (AvgIpc) is 3.15. The number of carbonyl (C=O) groups is 1. The fourth-order valence-electron chi connectivity index (χ4n) is 3.26. The molecule has 0 saturated carbocycles. The van der Waals surface area contributed by atoms with Gasteiger partial charge in [-0.05, 0) is 18.6 Å². The van der Waals surface area contributed by atoms with Crippen LogP contribution in [0.2, 0.25) is 0 Å². The van der Waals surface area contributed by atoms with Gasteiger partial charge < -0.3 is 9.63 Å². The van der Waals surface area contributed by atoms with Gasteiger partial charge in [0.15, 0.2) is 13.0 Å². The van der Waals surface area contributed by atoms with Crippen molar-refractivity contribution in [1.29, 1.82) is 5.26 Å². The van der Waals surface area contributed by atoms with Crippen molar-refractivity contribution >= 4 is 17.5 Å². The molecule has 2 heterocycles. The Morgan fingerprint density at radius 2 is 1.88 bits per heavy atom. The maximum absolute atomic E-state index is 12.6. The number of nitrogens with zero attached hydrogens (tertiary/aromatic N) is 4. The highest BCUT2D eigenvalue weighted by Crippen LogP contribution is 2.34. The van der Waals surface area contributed by atoms with Gasteiger partial charge in [0, 0.05) is 11.1 Å². The van der Waals surface area contributed by atoms with Gasteiger partial charge in [-0.15, -0.1) is 0 Å². The predicted octanol–water partition coefficient (Wildman–Crippen LogP) is 3.46. The third-order valence-corrected chi connectivity index (χ3v) is 5.87. The molecule has 4 rings (SSSR count). The van der Waals surface area contributed by atoms with E-state index in [4.69, 9.17) is 0 Å². The monoisotopic (exact) mass is 442 g/mol. The number of ketones is 1. The molecule has 0 unspecified atom stereocenters. The fourth-order valence-corrected chi connectivity index (χ4v) is 4.13. The van der Waals surface area contributed by atoms with Crippen molar-refractivity contribution in [2.75, 3.05) is 5.75 Å². The van der Waals surface area contributed by atoms with E-state index in [9.17, 15) is 15.2 Å². The van der Waals surface area contributed by atoms with Crippen LogP contribution in [-0.4, -0.2) is 21.8 Å². The summed E-state index contributed by atoms with van der Waals surface area (Å²) in [5.41, 5.74) is 4.54. The Morgan fingerprint density at radius 3 is 2.50 bits per heavy atom. The van der Waals surface area contributed by atoms with Crippen LogP contribution in [0, 0.1) is 18.3 Å². The molecule has 7 nitrogen and oxygen atoms in total. The van der Waals surface area contributed by atoms with E-state index in [0.717, 1.165) is 38.7 Å². The number of Topliss-reactive ketones (excluding diaryl/α,β-unsaturated/α-hetero) is 1. The number of carbonyl (C=O) groups excluding carboxylic acids is 1. The summed E-state index contributed by atoms with van der Waals surface area (Å²) in [6.45, 7) is 2.00. The van der Waals surface area contributed by atoms with Crippen molar-refractivity contribution in [2.24, 2.45) is 7.05 Å². The first kappa shape index (κ1) is 21.3. The molecular weight excluding hydrogens is 424 g/mol. The highest BCUT2D eigenvalue weighted by Gasteiger charge is 2.24. The van der Waals surface area contributed by atoms with Crippen molar-refractivity contribution in [3.8, 4) is 34.4 Å². The molecule has 0 aliphatic heterocycles. The molecule has 0 fully saturated rings. The Kier molecular flexibility index (Phi) is 6.01. The third-order valence-electron chi connectivity index (χ3n) is 4.90. The number of aryl methyl sites for hydroxylation is 2. The number of nitriles is 1. The second-order valence-corrected chi connectivity index (χ2v) is 8.09. The van der Waals surface area contributed by atoms with Gasteiger partial charge in [0.1, 0.15) is 11.1 Å². The summed E-state index contributed by atoms with van der Waals surface area (Å²) in [6, 6.07) is 21.6. The summed E-state index contributed by atoms with van der Waals surface area (Å²) in [6.07, 6.45) is 0. The van der Waals surface area contributed by atoms with Crippen molar-refractivity contribution in [1.82, 2.24) is 10.3 Å². The van der Waals surface area contributed by atoms with Crippen LogP contribution in [0.25, 0.3) is 22.4 Å². The molecule has 0 radical (unpaired) electrons. The molecule has 0 aliphatic rings. The highest BCUT2D eigenvalue weighted by atomic mass is 32.2. The normalized spacial score (nSPS) is 10.7. The van der Waals surface area contributed by atoms with Crippen LogP contribution in [0.1, 0.15) is 21.6 Å². The fraction of sp³-hybridized carbons (Fsp3) is 0.125. The van der Waals surface area contributed by atoms with Crippen LogP contribution < -0.4 is 9.79 Å². The Balaban J connectivity index is 1.78. The van der Waals surface area contributed by atoms with E-state index in [0.29, 0.717) is 16.3 Å². The van der Waals surface area contributed by atoms with Gasteiger partial charge in [0.25, 0.3) is 5.69 Å². The minimum Gasteiger partial charge on any atom is -0.539 e. The summed E-state index contributed by atoms with van der Waals surface area (Å²) in [5, 5.41) is 25.6. The van der Waals surface area contributed by atoms with Gasteiger partial charge in [-0.2, -0.15) is 5.26 Å². The smallest absolute Gasteiger partial charge is 0.300 e. The summed E-state index contributed by atoms with van der Waals surface area (Å²) < 4.78 is 5.65. The molecule has 0 bridgehead atoms. The SMILES string of the molecule is Cc1ccc(-c2cc(-c3ccccc3)nc(SCC(=O)c3c([O-])on[n+]3C)c2C#N)cc1. The van der Waals surface area contributed by atoms with E-state index in [1.54, 1.807) is 0 Å². The molecule has 0 aliphatic carbocycles. The lowest BCUT2D eigenvalue weighted by Gasteiger charge is -2.12. The van der Waals surface area contributed by atoms with Gasteiger partial charge >= 0.3 is 0 Å². The number of hydrogen-bond acceptors (Lipinski definition) is 7. The molecule has 158 valence electrons. The van der Waals surface area contributed by atoms with Crippen LogP contribution in [0.15, 0.2) is 70.2 Å². The zero-order valence-corrected chi connectivity index (χ0v) is 18.2. The quantitative estimate of drug-likeness (QED) is 0.256. The first-order valence-corrected chi connectivity index (χ1v) is 10.7. The molecule has 0 atom stereocenters. The maximum atomic E-state index is 12.6. The van der Waals surface area contributed by atoms with E-state index in [1.807, 2.05) is 67.6 Å². The Hall–Kier alpha value is -3.96. The number of pyridine rings is 1. The maximum Gasteiger partial charge on any atom is 0.300 e. The second-order valence-electron chi connectivity index (χ2n) is 7.12. The first-order chi connectivity index (χ1) is 15.5. The van der Waals surface area contributed by atoms with Crippen molar-refractivity contribution in [2.45, 2.75) is 11.9 Å². The zero-order chi connectivity index (χ0) is 22.7.